The molecule has 1 heterocycles. The first-order valence-corrected chi connectivity index (χ1v) is 8.06. The van der Waals surface area contributed by atoms with E-state index in [1.54, 1.807) is 11.8 Å². The highest BCUT2D eigenvalue weighted by Gasteiger charge is 2.10. The molecule has 0 atom stereocenters. The molecule has 3 aromatic rings. The Balaban J connectivity index is 2.02. The number of fused-ring (bicyclic) bond motifs is 1. The molecule has 2 nitrogen and oxygen atoms in total. The lowest BCUT2D eigenvalue weighted by Gasteiger charge is -2.08. The Bertz CT molecular complexity index is 736. The number of benzene rings is 2. The molecule has 0 unspecified atom stereocenters. The third-order valence-electron chi connectivity index (χ3n) is 3.18. The van der Waals surface area contributed by atoms with Gasteiger partial charge in [0.25, 0.3) is 0 Å². The summed E-state index contributed by atoms with van der Waals surface area (Å²) in [6.45, 7) is 0.882. The normalized spacial score (nSPS) is 11.1. The smallest absolute Gasteiger partial charge is 0.0477 e. The fraction of sp³-hybridized carbons (Fsp3) is 0.125. The Labute approximate surface area is 131 Å². The molecule has 0 aliphatic carbocycles. The summed E-state index contributed by atoms with van der Waals surface area (Å²) in [6, 6.07) is 14.7. The maximum atomic E-state index is 3.64. The van der Waals surface area contributed by atoms with Crippen molar-refractivity contribution >= 4 is 38.6 Å². The van der Waals surface area contributed by atoms with Crippen LogP contribution in [0, 0.1) is 0 Å². The van der Waals surface area contributed by atoms with Gasteiger partial charge in [-0.2, -0.15) is 0 Å². The Morgan fingerprint density at radius 1 is 1.10 bits per heavy atom. The van der Waals surface area contributed by atoms with Gasteiger partial charge in [0.2, 0.25) is 0 Å². The van der Waals surface area contributed by atoms with Gasteiger partial charge < -0.3 is 10.3 Å². The fourth-order valence-corrected chi connectivity index (χ4v) is 4.05. The molecule has 0 aliphatic heterocycles. The maximum absolute atomic E-state index is 3.64. The molecular formula is C16H15BrN2S. The molecule has 0 saturated heterocycles. The average Bonchev–Trinajstić information content (AvgIpc) is 2.86. The highest BCUT2D eigenvalue weighted by atomic mass is 79.9. The molecule has 20 heavy (non-hydrogen) atoms. The van der Waals surface area contributed by atoms with Crippen molar-refractivity contribution < 1.29 is 0 Å². The lowest BCUT2D eigenvalue weighted by Crippen LogP contribution is -2.05. The molecular weight excluding hydrogens is 332 g/mol. The van der Waals surface area contributed by atoms with Crippen LogP contribution in [0.1, 0.15) is 5.56 Å². The molecule has 0 fully saturated rings. The predicted octanol–water partition coefficient (Wildman–Crippen LogP) is 4.80. The monoisotopic (exact) mass is 346 g/mol. The van der Waals surface area contributed by atoms with Crippen LogP contribution >= 0.6 is 27.7 Å². The number of hydrogen-bond donors (Lipinski definition) is 2. The maximum Gasteiger partial charge on any atom is 0.0477 e. The summed E-state index contributed by atoms with van der Waals surface area (Å²) in [5.74, 6) is 0. The van der Waals surface area contributed by atoms with Crippen molar-refractivity contribution in [2.75, 3.05) is 7.05 Å². The van der Waals surface area contributed by atoms with Crippen LogP contribution in [-0.2, 0) is 6.54 Å². The van der Waals surface area contributed by atoms with Crippen LogP contribution < -0.4 is 5.32 Å². The van der Waals surface area contributed by atoms with E-state index in [1.165, 1.54) is 20.7 Å². The van der Waals surface area contributed by atoms with Crippen LogP contribution in [-0.4, -0.2) is 12.0 Å². The number of rotatable bonds is 4. The molecule has 4 heteroatoms. The highest BCUT2D eigenvalue weighted by molar-refractivity contribution is 9.10. The van der Waals surface area contributed by atoms with E-state index in [0.29, 0.717) is 0 Å². The van der Waals surface area contributed by atoms with Gasteiger partial charge >= 0.3 is 0 Å². The first kappa shape index (κ1) is 13.7. The Hall–Kier alpha value is -1.23. The number of hydrogen-bond acceptors (Lipinski definition) is 2. The van der Waals surface area contributed by atoms with Crippen molar-refractivity contribution in [3.8, 4) is 0 Å². The third kappa shape index (κ3) is 2.64. The van der Waals surface area contributed by atoms with E-state index in [4.69, 9.17) is 0 Å². The Morgan fingerprint density at radius 3 is 2.80 bits per heavy atom. The van der Waals surface area contributed by atoms with Crippen LogP contribution in [0.25, 0.3) is 10.9 Å². The van der Waals surface area contributed by atoms with Crippen LogP contribution in [0.4, 0.5) is 0 Å². The largest absolute Gasteiger partial charge is 0.360 e. The Morgan fingerprint density at radius 2 is 1.95 bits per heavy atom. The summed E-state index contributed by atoms with van der Waals surface area (Å²) in [7, 11) is 1.98. The van der Waals surface area contributed by atoms with Gasteiger partial charge in [-0.05, 0) is 30.8 Å². The van der Waals surface area contributed by atoms with Crippen molar-refractivity contribution in [1.29, 1.82) is 0 Å². The minimum atomic E-state index is 0.882. The molecule has 0 radical (unpaired) electrons. The van der Waals surface area contributed by atoms with Gasteiger partial charge in [-0.1, -0.05) is 52.0 Å². The van der Waals surface area contributed by atoms with Crippen LogP contribution in [0.5, 0.6) is 0 Å². The SMILES string of the molecule is CNCc1ccccc1Sc1c[nH]c2cccc(Br)c12. The van der Waals surface area contributed by atoms with Gasteiger partial charge in [-0.25, -0.2) is 0 Å². The number of aromatic nitrogens is 1. The zero-order chi connectivity index (χ0) is 13.9. The number of nitrogens with one attached hydrogen (secondary N) is 2. The van der Waals surface area contributed by atoms with E-state index < -0.39 is 0 Å². The van der Waals surface area contributed by atoms with E-state index in [1.807, 2.05) is 13.1 Å². The van der Waals surface area contributed by atoms with E-state index in [0.717, 1.165) is 16.5 Å². The molecule has 1 aromatic heterocycles. The standard InChI is InChI=1S/C16H15BrN2S/c1-18-9-11-5-2-3-8-14(11)20-15-10-19-13-7-4-6-12(17)16(13)15/h2-8,10,18-19H,9H2,1H3. The third-order valence-corrected chi connectivity index (χ3v) is 5.00. The number of halogens is 1. The Kier molecular flexibility index (Phi) is 4.15. The minimum Gasteiger partial charge on any atom is -0.360 e. The molecule has 3 rings (SSSR count). The summed E-state index contributed by atoms with van der Waals surface area (Å²) >= 11 is 5.45. The van der Waals surface area contributed by atoms with Crippen molar-refractivity contribution in [2.24, 2.45) is 0 Å². The van der Waals surface area contributed by atoms with Gasteiger partial charge in [0, 0.05) is 37.9 Å². The second-order valence-corrected chi connectivity index (χ2v) is 6.49. The zero-order valence-electron chi connectivity index (χ0n) is 11.1. The van der Waals surface area contributed by atoms with Crippen LogP contribution in [0.3, 0.4) is 0 Å². The minimum absolute atomic E-state index is 0.882. The topological polar surface area (TPSA) is 27.8 Å². The van der Waals surface area contributed by atoms with Crippen molar-refractivity contribution in [3.63, 3.8) is 0 Å². The first-order chi connectivity index (χ1) is 9.79. The van der Waals surface area contributed by atoms with Crippen molar-refractivity contribution in [3.05, 3.63) is 58.7 Å². The van der Waals surface area contributed by atoms with Gasteiger partial charge in [0.05, 0.1) is 0 Å². The van der Waals surface area contributed by atoms with E-state index in [9.17, 15) is 0 Å². The van der Waals surface area contributed by atoms with Gasteiger partial charge in [0.15, 0.2) is 0 Å². The van der Waals surface area contributed by atoms with Crippen LogP contribution in [0.15, 0.2) is 62.9 Å². The average molecular weight is 347 g/mol. The highest BCUT2D eigenvalue weighted by Crippen LogP contribution is 2.38. The summed E-state index contributed by atoms with van der Waals surface area (Å²) in [5, 5.41) is 4.47. The van der Waals surface area contributed by atoms with Gasteiger partial charge in [-0.3, -0.25) is 0 Å². The van der Waals surface area contributed by atoms with Crippen LogP contribution in [0.2, 0.25) is 0 Å². The van der Waals surface area contributed by atoms with Crippen molar-refractivity contribution in [2.45, 2.75) is 16.3 Å². The molecule has 102 valence electrons. The van der Waals surface area contributed by atoms with Gasteiger partial charge in [0.1, 0.15) is 0 Å². The summed E-state index contributed by atoms with van der Waals surface area (Å²) in [4.78, 5) is 5.87. The van der Waals surface area contributed by atoms with E-state index >= 15 is 0 Å². The predicted molar refractivity (Wildman–Crippen MR) is 89.3 cm³/mol. The second kappa shape index (κ2) is 6.04. The molecule has 0 bridgehead atoms. The van der Waals surface area contributed by atoms with Crippen molar-refractivity contribution in [1.82, 2.24) is 10.3 Å². The molecule has 0 saturated carbocycles. The second-order valence-electron chi connectivity index (χ2n) is 4.56. The summed E-state index contributed by atoms with van der Waals surface area (Å²) < 4.78 is 1.13. The summed E-state index contributed by atoms with van der Waals surface area (Å²) in [5.41, 5.74) is 2.48. The lowest BCUT2D eigenvalue weighted by atomic mass is 10.2. The molecule has 0 spiro atoms. The van der Waals surface area contributed by atoms with E-state index in [-0.39, 0.29) is 0 Å². The molecule has 0 aliphatic rings. The zero-order valence-corrected chi connectivity index (χ0v) is 13.5. The summed E-state index contributed by atoms with van der Waals surface area (Å²) in [6.07, 6.45) is 2.08. The lowest BCUT2D eigenvalue weighted by molar-refractivity contribution is 0.803. The number of H-pyrrole nitrogens is 1. The molecule has 2 aromatic carbocycles. The molecule has 0 amide bonds. The fourth-order valence-electron chi connectivity index (χ4n) is 2.25. The first-order valence-electron chi connectivity index (χ1n) is 6.45. The van der Waals surface area contributed by atoms with Gasteiger partial charge in [-0.15, -0.1) is 0 Å². The molecule has 2 N–H and O–H groups in total. The quantitative estimate of drug-likeness (QED) is 0.709. The van der Waals surface area contributed by atoms with E-state index in [2.05, 4.69) is 68.8 Å². The number of aromatic amines is 1.